The smallest absolute Gasteiger partial charge is 0.407 e. The number of carbonyl (C=O) groups excluding carboxylic acids is 2. The van der Waals surface area contributed by atoms with E-state index in [9.17, 15) is 14.7 Å². The first-order chi connectivity index (χ1) is 17.4. The van der Waals surface area contributed by atoms with Crippen molar-refractivity contribution < 1.29 is 24.2 Å². The molecule has 0 fully saturated rings. The van der Waals surface area contributed by atoms with Crippen molar-refractivity contribution in [2.24, 2.45) is 0 Å². The van der Waals surface area contributed by atoms with Crippen molar-refractivity contribution >= 4 is 23.5 Å². The quantitative estimate of drug-likeness (QED) is 0.331. The van der Waals surface area contributed by atoms with Crippen molar-refractivity contribution in [3.05, 3.63) is 88.4 Å². The van der Waals surface area contributed by atoms with Gasteiger partial charge in [0.15, 0.2) is 0 Å². The summed E-state index contributed by atoms with van der Waals surface area (Å²) in [6.45, 7) is 3.79. The van der Waals surface area contributed by atoms with Crippen LogP contribution < -0.4 is 10.6 Å². The fraction of sp³-hybridized carbons (Fsp3) is 0.370. The lowest BCUT2D eigenvalue weighted by Crippen LogP contribution is -2.47. The predicted molar refractivity (Wildman–Crippen MR) is 139 cm³/mol. The normalized spacial score (nSPS) is 13.4. The molecule has 192 valence electrons. The molecule has 1 aromatic heterocycles. The van der Waals surface area contributed by atoms with Crippen molar-refractivity contribution in [1.29, 1.82) is 0 Å². The topological polar surface area (TPSA) is 110 Å². The van der Waals surface area contributed by atoms with Crippen LogP contribution in [0.15, 0.2) is 72.4 Å². The first-order valence-corrected chi connectivity index (χ1v) is 12.8. The third-order valence-corrected chi connectivity index (χ3v) is 6.14. The fourth-order valence-electron chi connectivity index (χ4n) is 3.70. The van der Waals surface area contributed by atoms with Crippen LogP contribution in [0.3, 0.4) is 0 Å². The Morgan fingerprint density at radius 3 is 2.17 bits per heavy atom. The predicted octanol–water partition coefficient (Wildman–Crippen LogP) is 4.48. The summed E-state index contributed by atoms with van der Waals surface area (Å²) < 4.78 is 11.0. The van der Waals surface area contributed by atoms with Crippen LogP contribution in [0.5, 0.6) is 0 Å². The molecule has 3 N–H and O–H groups in total. The van der Waals surface area contributed by atoms with Gasteiger partial charge in [-0.2, -0.15) is 0 Å². The Hall–Kier alpha value is -3.43. The van der Waals surface area contributed by atoms with Crippen molar-refractivity contribution in [2.45, 2.75) is 64.0 Å². The molecule has 0 saturated heterocycles. The van der Waals surface area contributed by atoms with E-state index < -0.39 is 30.4 Å². The molecule has 8 nitrogen and oxygen atoms in total. The van der Waals surface area contributed by atoms with Crippen molar-refractivity contribution in [2.75, 3.05) is 0 Å². The van der Waals surface area contributed by atoms with E-state index in [0.717, 1.165) is 16.0 Å². The number of aliphatic hydroxyl groups excluding tert-OH is 1. The molecule has 36 heavy (non-hydrogen) atoms. The number of hydrogen-bond acceptors (Lipinski definition) is 7. The minimum absolute atomic E-state index is 0.0828. The third-order valence-electron chi connectivity index (χ3n) is 5.39. The van der Waals surface area contributed by atoms with E-state index in [2.05, 4.69) is 15.6 Å². The molecule has 0 radical (unpaired) electrons. The van der Waals surface area contributed by atoms with Gasteiger partial charge in [-0.15, -0.1) is 11.3 Å². The highest BCUT2D eigenvalue weighted by atomic mass is 32.1. The lowest BCUT2D eigenvalue weighted by Gasteiger charge is -2.28. The highest BCUT2D eigenvalue weighted by Crippen LogP contribution is 2.17. The number of aromatic nitrogens is 1. The number of ether oxygens (including phenoxy) is 2. The molecule has 0 saturated carbocycles. The number of rotatable bonds is 12. The number of alkyl carbamates (subject to hydrolysis) is 2. The van der Waals surface area contributed by atoms with Gasteiger partial charge in [0, 0.05) is 25.1 Å². The van der Waals surface area contributed by atoms with Gasteiger partial charge >= 0.3 is 12.2 Å². The van der Waals surface area contributed by atoms with Crippen LogP contribution >= 0.6 is 11.3 Å². The van der Waals surface area contributed by atoms with Gasteiger partial charge in [-0.1, -0.05) is 60.7 Å². The Balaban J connectivity index is 1.70. The van der Waals surface area contributed by atoms with E-state index in [1.54, 1.807) is 11.7 Å². The van der Waals surface area contributed by atoms with Gasteiger partial charge in [0.05, 0.1) is 22.5 Å². The number of nitrogens with zero attached hydrogens (tertiary/aromatic N) is 1. The molecule has 2 amide bonds. The number of nitrogens with one attached hydrogen (secondary N) is 2. The zero-order valence-corrected chi connectivity index (χ0v) is 21.3. The highest BCUT2D eigenvalue weighted by molar-refractivity contribution is 7.09. The van der Waals surface area contributed by atoms with Gasteiger partial charge in [-0.25, -0.2) is 9.59 Å². The monoisotopic (exact) mass is 511 g/mol. The fourth-order valence-corrected chi connectivity index (χ4v) is 4.21. The van der Waals surface area contributed by atoms with E-state index in [1.165, 1.54) is 11.3 Å². The number of carbonyl (C=O) groups is 2. The lowest BCUT2D eigenvalue weighted by atomic mass is 9.95. The Bertz CT molecular complexity index is 1050. The maximum Gasteiger partial charge on any atom is 0.407 e. The zero-order valence-electron chi connectivity index (χ0n) is 20.5. The van der Waals surface area contributed by atoms with Crippen molar-refractivity contribution in [3.8, 4) is 0 Å². The van der Waals surface area contributed by atoms with Gasteiger partial charge < -0.3 is 25.2 Å². The van der Waals surface area contributed by atoms with Crippen LogP contribution in [-0.2, 0) is 28.9 Å². The second-order valence-corrected chi connectivity index (χ2v) is 9.77. The molecule has 0 aliphatic carbocycles. The maximum absolute atomic E-state index is 12.6. The summed E-state index contributed by atoms with van der Waals surface area (Å²) in [7, 11) is 0. The number of hydrogen-bond donors (Lipinski definition) is 3. The van der Waals surface area contributed by atoms with Crippen LogP contribution in [0.1, 0.15) is 36.3 Å². The van der Waals surface area contributed by atoms with Crippen LogP contribution in [0.2, 0.25) is 0 Å². The molecular formula is C27H33N3O5S. The standard InChI is InChI=1S/C27H33N3O5S/c1-19(2)29-27(33)35-22(13-20-9-5-3-6-10-20)15-25(31)24(14-21-11-7-4-8-12-21)30-26(32)34-17-23-16-28-18-36-23/h3-12,16,18-19,22,24-25,31H,13-15,17H2,1-2H3,(H,29,33)(H,30,32). The average molecular weight is 512 g/mol. The zero-order chi connectivity index (χ0) is 25.8. The molecule has 3 unspecified atom stereocenters. The summed E-state index contributed by atoms with van der Waals surface area (Å²) >= 11 is 1.39. The molecule has 3 rings (SSSR count). The Morgan fingerprint density at radius 1 is 0.944 bits per heavy atom. The van der Waals surface area contributed by atoms with E-state index in [0.29, 0.717) is 12.8 Å². The van der Waals surface area contributed by atoms with Crippen molar-refractivity contribution in [1.82, 2.24) is 15.6 Å². The number of thiazole rings is 1. The largest absolute Gasteiger partial charge is 0.446 e. The average Bonchev–Trinajstić information content (AvgIpc) is 3.37. The maximum atomic E-state index is 12.6. The molecule has 9 heteroatoms. The molecule has 1 heterocycles. The Morgan fingerprint density at radius 2 is 1.58 bits per heavy atom. The minimum atomic E-state index is -0.998. The van der Waals surface area contributed by atoms with Gasteiger partial charge in [-0.05, 0) is 31.4 Å². The molecule has 3 atom stereocenters. The second kappa shape index (κ2) is 14.2. The van der Waals surface area contributed by atoms with Crippen molar-refractivity contribution in [3.63, 3.8) is 0 Å². The summed E-state index contributed by atoms with van der Waals surface area (Å²) in [4.78, 5) is 29.7. The highest BCUT2D eigenvalue weighted by Gasteiger charge is 2.28. The first-order valence-electron chi connectivity index (χ1n) is 11.9. The van der Waals surface area contributed by atoms with Gasteiger partial charge in [-0.3, -0.25) is 4.98 Å². The van der Waals surface area contributed by atoms with E-state index in [1.807, 2.05) is 74.5 Å². The number of benzene rings is 2. The molecule has 0 aliphatic rings. The summed E-state index contributed by atoms with van der Waals surface area (Å²) in [5.41, 5.74) is 3.59. The molecule has 0 spiro atoms. The minimum Gasteiger partial charge on any atom is -0.446 e. The molecular weight excluding hydrogens is 478 g/mol. The van der Waals surface area contributed by atoms with E-state index in [-0.39, 0.29) is 19.1 Å². The van der Waals surface area contributed by atoms with Crippen LogP contribution in [-0.4, -0.2) is 46.6 Å². The summed E-state index contributed by atoms with van der Waals surface area (Å²) in [5, 5.41) is 16.8. The third kappa shape index (κ3) is 9.67. The number of aliphatic hydroxyl groups is 1. The summed E-state index contributed by atoms with van der Waals surface area (Å²) in [6.07, 6.45) is -0.201. The van der Waals surface area contributed by atoms with E-state index in [4.69, 9.17) is 9.47 Å². The Labute approximate surface area is 215 Å². The van der Waals surface area contributed by atoms with Crippen LogP contribution in [0.4, 0.5) is 9.59 Å². The summed E-state index contributed by atoms with van der Waals surface area (Å²) in [6, 6.07) is 18.5. The molecule has 2 aromatic carbocycles. The van der Waals surface area contributed by atoms with Crippen LogP contribution in [0, 0.1) is 0 Å². The Kier molecular flexibility index (Phi) is 10.7. The summed E-state index contributed by atoms with van der Waals surface area (Å²) in [5.74, 6) is 0. The lowest BCUT2D eigenvalue weighted by molar-refractivity contribution is 0.0360. The molecule has 3 aromatic rings. The van der Waals surface area contributed by atoms with Gasteiger partial charge in [0.1, 0.15) is 12.7 Å². The second-order valence-electron chi connectivity index (χ2n) is 8.80. The SMILES string of the molecule is CC(C)NC(=O)OC(Cc1ccccc1)CC(O)C(Cc1ccccc1)NC(=O)OCc1cncs1. The van der Waals surface area contributed by atoms with Crippen LogP contribution in [0.25, 0.3) is 0 Å². The van der Waals surface area contributed by atoms with Gasteiger partial charge in [0.2, 0.25) is 0 Å². The number of amides is 2. The first kappa shape index (κ1) is 27.2. The van der Waals surface area contributed by atoms with E-state index >= 15 is 0 Å². The molecule has 0 aliphatic heterocycles. The van der Waals surface area contributed by atoms with Gasteiger partial charge in [0.25, 0.3) is 0 Å². The molecule has 0 bridgehead atoms.